The summed E-state index contributed by atoms with van der Waals surface area (Å²) in [5, 5.41) is 2.59. The van der Waals surface area contributed by atoms with E-state index in [9.17, 15) is 14.4 Å². The van der Waals surface area contributed by atoms with Gasteiger partial charge in [-0.1, -0.05) is 5.59 Å². The minimum atomic E-state index is -0.851. The van der Waals surface area contributed by atoms with Gasteiger partial charge in [0.15, 0.2) is 0 Å². The molecule has 0 spiro atoms. The Morgan fingerprint density at radius 1 is 1.10 bits per heavy atom. The van der Waals surface area contributed by atoms with E-state index < -0.39 is 17.5 Å². The Kier molecular flexibility index (Phi) is 4.43. The maximum atomic E-state index is 11.8. The normalized spacial score (nSPS) is 19.9. The van der Waals surface area contributed by atoms with Gasteiger partial charge in [0.05, 0.1) is 0 Å². The first-order valence-corrected chi connectivity index (χ1v) is 6.83. The number of hydrogen-bond donors (Lipinski definition) is 3. The number of carbonyl (C=O) groups is 3. The predicted molar refractivity (Wildman–Crippen MR) is 69.0 cm³/mol. The van der Waals surface area contributed by atoms with Crippen molar-refractivity contribution < 1.29 is 19.2 Å². The van der Waals surface area contributed by atoms with E-state index in [1.807, 2.05) is 0 Å². The van der Waals surface area contributed by atoms with E-state index in [1.54, 1.807) is 4.90 Å². The van der Waals surface area contributed by atoms with Gasteiger partial charge in [-0.3, -0.25) is 15.0 Å². The smallest absolute Gasteiger partial charge is 0.342 e. The number of nitrogens with zero attached hydrogens (tertiary/aromatic N) is 1. The van der Waals surface area contributed by atoms with Crippen LogP contribution in [0.2, 0.25) is 0 Å². The van der Waals surface area contributed by atoms with E-state index in [4.69, 9.17) is 4.84 Å². The fraction of sp³-hybridized carbons (Fsp3) is 0.750. The van der Waals surface area contributed by atoms with Crippen molar-refractivity contribution in [3.05, 3.63) is 0 Å². The van der Waals surface area contributed by atoms with Crippen molar-refractivity contribution in [1.29, 1.82) is 0 Å². The van der Waals surface area contributed by atoms with E-state index in [0.717, 1.165) is 19.3 Å². The topological polar surface area (TPSA) is 99.8 Å². The third kappa shape index (κ3) is 3.60. The van der Waals surface area contributed by atoms with E-state index in [1.165, 1.54) is 6.92 Å². The molecular weight excluding hydrogens is 264 g/mol. The lowest BCUT2D eigenvalue weighted by Crippen LogP contribution is -2.53. The number of amides is 3. The molecule has 0 atom stereocenters. The molecule has 8 nitrogen and oxygen atoms in total. The van der Waals surface area contributed by atoms with Crippen LogP contribution in [0.4, 0.5) is 4.79 Å². The lowest BCUT2D eigenvalue weighted by Gasteiger charge is -2.25. The number of carbonyl (C=O) groups excluding carboxylic acids is 3. The summed E-state index contributed by atoms with van der Waals surface area (Å²) < 4.78 is 0. The lowest BCUT2D eigenvalue weighted by molar-refractivity contribution is -0.132. The molecule has 3 N–H and O–H groups in total. The molecule has 0 bridgehead atoms. The Morgan fingerprint density at radius 2 is 1.75 bits per heavy atom. The first-order valence-electron chi connectivity index (χ1n) is 6.83. The largest absolute Gasteiger partial charge is 0.430 e. The summed E-state index contributed by atoms with van der Waals surface area (Å²) in [5.41, 5.74) is 3.60. The van der Waals surface area contributed by atoms with Gasteiger partial charge in [-0.05, 0) is 32.1 Å². The molecule has 0 aromatic heterocycles. The van der Waals surface area contributed by atoms with Crippen molar-refractivity contribution in [3.63, 3.8) is 0 Å². The van der Waals surface area contributed by atoms with Gasteiger partial charge in [0.1, 0.15) is 5.54 Å². The van der Waals surface area contributed by atoms with Crippen LogP contribution in [0.25, 0.3) is 0 Å². The Labute approximate surface area is 117 Å². The van der Waals surface area contributed by atoms with Crippen LogP contribution in [0, 0.1) is 0 Å². The summed E-state index contributed by atoms with van der Waals surface area (Å²) in [6, 6.07) is 0. The monoisotopic (exact) mass is 284 g/mol. The van der Waals surface area contributed by atoms with Crippen LogP contribution in [0.3, 0.4) is 0 Å². The Bertz CT molecular complexity index is 402. The molecule has 1 saturated heterocycles. The van der Waals surface area contributed by atoms with Gasteiger partial charge in [0, 0.05) is 20.0 Å². The van der Waals surface area contributed by atoms with E-state index in [2.05, 4.69) is 16.3 Å². The summed E-state index contributed by atoms with van der Waals surface area (Å²) in [6.07, 6.45) is 3.71. The van der Waals surface area contributed by atoms with Crippen molar-refractivity contribution in [2.24, 2.45) is 0 Å². The highest BCUT2D eigenvalue weighted by Crippen LogP contribution is 2.35. The molecule has 112 valence electrons. The van der Waals surface area contributed by atoms with Crippen molar-refractivity contribution >= 4 is 17.9 Å². The maximum absolute atomic E-state index is 11.8. The highest BCUT2D eigenvalue weighted by atomic mass is 16.7. The number of hydrogen-bond acceptors (Lipinski definition) is 5. The van der Waals surface area contributed by atoms with Gasteiger partial charge in [0.2, 0.25) is 5.91 Å². The standard InChI is InChI=1S/C12H20N4O4/c1-9(17)13-12(5-6-12)10(18)14-15-20-11(19)16-7-3-2-4-8-16/h15H,2-8H2,1H3,(H,13,17)(H,14,18). The van der Waals surface area contributed by atoms with Crippen LogP contribution in [0.1, 0.15) is 39.0 Å². The van der Waals surface area contributed by atoms with Crippen LogP contribution in [0.15, 0.2) is 0 Å². The van der Waals surface area contributed by atoms with Gasteiger partial charge in [-0.15, -0.1) is 0 Å². The summed E-state index contributed by atoms with van der Waals surface area (Å²) in [5.74, 6) is -0.665. The fourth-order valence-electron chi connectivity index (χ4n) is 2.25. The highest BCUT2D eigenvalue weighted by molar-refractivity contribution is 5.93. The first-order chi connectivity index (χ1) is 9.53. The second kappa shape index (κ2) is 6.08. The fourth-order valence-corrected chi connectivity index (χ4v) is 2.25. The highest BCUT2D eigenvalue weighted by Gasteiger charge is 2.50. The van der Waals surface area contributed by atoms with Crippen molar-refractivity contribution in [2.45, 2.75) is 44.6 Å². The maximum Gasteiger partial charge on any atom is 0.430 e. The molecule has 2 aliphatic rings. The van der Waals surface area contributed by atoms with Crippen molar-refractivity contribution in [2.75, 3.05) is 13.1 Å². The molecule has 0 unspecified atom stereocenters. The summed E-state index contributed by atoms with van der Waals surface area (Å²) in [7, 11) is 0. The quantitative estimate of drug-likeness (QED) is 0.622. The molecule has 0 aromatic carbocycles. The molecule has 20 heavy (non-hydrogen) atoms. The molecule has 0 radical (unpaired) electrons. The second-order valence-corrected chi connectivity index (χ2v) is 5.24. The average Bonchev–Trinajstić information content (AvgIpc) is 3.19. The van der Waals surface area contributed by atoms with Gasteiger partial charge in [-0.25, -0.2) is 4.79 Å². The molecule has 3 amide bonds. The van der Waals surface area contributed by atoms with Crippen molar-refractivity contribution in [1.82, 2.24) is 21.2 Å². The van der Waals surface area contributed by atoms with Crippen LogP contribution in [0.5, 0.6) is 0 Å². The second-order valence-electron chi connectivity index (χ2n) is 5.24. The summed E-state index contributed by atoms with van der Waals surface area (Å²) in [4.78, 5) is 40.8. The molecule has 1 saturated carbocycles. The first kappa shape index (κ1) is 14.6. The molecule has 2 fully saturated rings. The Balaban J connectivity index is 1.69. The Morgan fingerprint density at radius 3 is 2.30 bits per heavy atom. The van der Waals surface area contributed by atoms with Crippen LogP contribution in [-0.4, -0.2) is 41.4 Å². The molecule has 1 aliphatic carbocycles. The molecule has 8 heteroatoms. The van der Waals surface area contributed by atoms with E-state index >= 15 is 0 Å². The van der Waals surface area contributed by atoms with Gasteiger partial charge in [0.25, 0.3) is 5.91 Å². The van der Waals surface area contributed by atoms with Crippen molar-refractivity contribution in [3.8, 4) is 0 Å². The number of piperidine rings is 1. The SMILES string of the molecule is CC(=O)NC1(C(=O)NNOC(=O)N2CCCCC2)CC1. The molecule has 0 aromatic rings. The third-order valence-corrected chi connectivity index (χ3v) is 3.52. The van der Waals surface area contributed by atoms with Gasteiger partial charge < -0.3 is 15.1 Å². The minimum Gasteiger partial charge on any atom is -0.342 e. The predicted octanol–water partition coefficient (Wildman–Crippen LogP) is -0.187. The lowest BCUT2D eigenvalue weighted by atomic mass is 10.1. The summed E-state index contributed by atoms with van der Waals surface area (Å²) >= 11 is 0. The number of rotatable bonds is 4. The number of likely N-dealkylation sites (tertiary alicyclic amines) is 1. The Hall–Kier alpha value is -1.83. The average molecular weight is 284 g/mol. The van der Waals surface area contributed by atoms with Gasteiger partial charge >= 0.3 is 6.09 Å². The molecule has 2 rings (SSSR count). The summed E-state index contributed by atoms with van der Waals surface area (Å²) in [6.45, 7) is 2.70. The molecule has 1 aliphatic heterocycles. The molecular formula is C12H20N4O4. The minimum absolute atomic E-state index is 0.261. The van der Waals surface area contributed by atoms with E-state index in [0.29, 0.717) is 25.9 Å². The van der Waals surface area contributed by atoms with Gasteiger partial charge in [-0.2, -0.15) is 0 Å². The van der Waals surface area contributed by atoms with E-state index in [-0.39, 0.29) is 5.91 Å². The zero-order valence-electron chi connectivity index (χ0n) is 11.5. The molecule has 1 heterocycles. The zero-order chi connectivity index (χ0) is 14.6. The number of hydrazine groups is 1. The third-order valence-electron chi connectivity index (χ3n) is 3.52. The number of nitrogens with one attached hydrogen (secondary N) is 3. The van der Waals surface area contributed by atoms with Crippen LogP contribution < -0.4 is 16.3 Å². The zero-order valence-corrected chi connectivity index (χ0v) is 11.5. The van der Waals surface area contributed by atoms with Crippen LogP contribution >= 0.6 is 0 Å². The van der Waals surface area contributed by atoms with Crippen LogP contribution in [-0.2, 0) is 14.4 Å².